The minimum Gasteiger partial charge on any atom is -0.462 e. The van der Waals surface area contributed by atoms with Crippen LogP contribution in [0.25, 0.3) is 0 Å². The molecule has 7 nitrogen and oxygen atoms in total. The van der Waals surface area contributed by atoms with Gasteiger partial charge in [-0.1, -0.05) is 136 Å². The van der Waals surface area contributed by atoms with Crippen LogP contribution in [0.5, 0.6) is 0 Å². The average Bonchev–Trinajstić information content (AvgIpc) is 3.10. The highest BCUT2D eigenvalue weighted by Gasteiger charge is 2.15. The number of aliphatic hydroxyl groups is 1. The van der Waals surface area contributed by atoms with E-state index in [4.69, 9.17) is 14.2 Å². The lowest BCUT2D eigenvalue weighted by atomic mass is 10.0. The lowest BCUT2D eigenvalue weighted by molar-refractivity contribution is -0.150. The van der Waals surface area contributed by atoms with Crippen LogP contribution in [-0.2, 0) is 19.0 Å². The van der Waals surface area contributed by atoms with Gasteiger partial charge in [0.05, 0.1) is 13.2 Å². The van der Waals surface area contributed by atoms with Crippen LogP contribution in [-0.4, -0.2) is 67.2 Å². The maximum absolute atomic E-state index is 12.7. The maximum atomic E-state index is 12.7. The normalized spacial score (nSPS) is 12.1. The van der Waals surface area contributed by atoms with E-state index in [9.17, 15) is 14.7 Å². The van der Waals surface area contributed by atoms with Gasteiger partial charge in [0.1, 0.15) is 12.2 Å². The Morgan fingerprint density at radius 2 is 0.960 bits per heavy atom. The van der Waals surface area contributed by atoms with E-state index in [2.05, 4.69) is 25.7 Å². The molecule has 0 aliphatic rings. The van der Waals surface area contributed by atoms with E-state index in [0.717, 1.165) is 90.1 Å². The number of esters is 1. The van der Waals surface area contributed by atoms with Crippen LogP contribution >= 0.6 is 0 Å². The molecule has 1 N–H and O–H groups in total. The third kappa shape index (κ3) is 35.1. The standard InChI is InChI=1S/C43H85NO6/c1-5-8-11-14-18-24-31-40(4)49-43(47)48-39-30-23-29-36-44(37-38-45)35-28-22-17-21-27-34-42(46)50-41(32-25-19-15-12-9-6-2)33-26-20-16-13-10-7-3/h40-41,45H,5-39H2,1-4H3. The SMILES string of the molecule is CCCCCCCCC(C)OC(=O)OCCCCCN(CCO)CCCCCCCC(=O)OC(CCCCCCCC)CCCCCCCC. The predicted molar refractivity (Wildman–Crippen MR) is 211 cm³/mol. The van der Waals surface area contributed by atoms with E-state index in [0.29, 0.717) is 19.6 Å². The van der Waals surface area contributed by atoms with Crippen molar-refractivity contribution in [2.45, 2.75) is 233 Å². The van der Waals surface area contributed by atoms with Gasteiger partial charge < -0.3 is 24.2 Å². The molecule has 0 bridgehead atoms. The van der Waals surface area contributed by atoms with Gasteiger partial charge in [-0.05, 0) is 90.6 Å². The smallest absolute Gasteiger partial charge is 0.462 e. The van der Waals surface area contributed by atoms with Crippen molar-refractivity contribution in [1.82, 2.24) is 4.90 Å². The van der Waals surface area contributed by atoms with E-state index in [1.165, 1.54) is 109 Å². The Balaban J connectivity index is 4.02. The summed E-state index contributed by atoms with van der Waals surface area (Å²) in [6.07, 6.45) is 33.9. The second-order valence-corrected chi connectivity index (χ2v) is 15.0. The zero-order chi connectivity index (χ0) is 36.8. The first-order valence-corrected chi connectivity index (χ1v) is 21.8. The van der Waals surface area contributed by atoms with Crippen LogP contribution in [0.4, 0.5) is 4.79 Å². The molecule has 0 amide bonds. The van der Waals surface area contributed by atoms with Crippen molar-refractivity contribution in [3.8, 4) is 0 Å². The fraction of sp³-hybridized carbons (Fsp3) is 0.953. The van der Waals surface area contributed by atoms with Gasteiger partial charge in [-0.25, -0.2) is 4.79 Å². The minimum atomic E-state index is -0.543. The van der Waals surface area contributed by atoms with Gasteiger partial charge in [-0.2, -0.15) is 0 Å². The average molecular weight is 712 g/mol. The summed E-state index contributed by atoms with van der Waals surface area (Å²) in [4.78, 5) is 27.0. The van der Waals surface area contributed by atoms with E-state index >= 15 is 0 Å². The molecule has 298 valence electrons. The molecule has 0 aromatic heterocycles. The number of unbranched alkanes of at least 4 members (excludes halogenated alkanes) is 21. The van der Waals surface area contributed by atoms with Crippen molar-refractivity contribution in [3.05, 3.63) is 0 Å². The number of hydrogen-bond donors (Lipinski definition) is 1. The molecule has 0 heterocycles. The molecule has 0 fully saturated rings. The van der Waals surface area contributed by atoms with Crippen LogP contribution in [0.2, 0.25) is 0 Å². The summed E-state index contributed by atoms with van der Waals surface area (Å²) in [5.41, 5.74) is 0. The van der Waals surface area contributed by atoms with E-state index in [-0.39, 0.29) is 24.8 Å². The Kier molecular flexibility index (Phi) is 37.8. The highest BCUT2D eigenvalue weighted by atomic mass is 16.7. The van der Waals surface area contributed by atoms with Gasteiger partial charge in [-0.3, -0.25) is 4.79 Å². The number of hydrogen-bond acceptors (Lipinski definition) is 7. The molecule has 0 aliphatic carbocycles. The maximum Gasteiger partial charge on any atom is 0.508 e. The van der Waals surface area contributed by atoms with Gasteiger partial charge in [0.2, 0.25) is 0 Å². The fourth-order valence-corrected chi connectivity index (χ4v) is 6.66. The first kappa shape index (κ1) is 48.7. The minimum absolute atomic E-state index is 0.00133. The van der Waals surface area contributed by atoms with Crippen LogP contribution in [0.15, 0.2) is 0 Å². The highest BCUT2D eigenvalue weighted by Crippen LogP contribution is 2.18. The number of nitrogens with zero attached hydrogens (tertiary/aromatic N) is 1. The molecule has 0 saturated carbocycles. The van der Waals surface area contributed by atoms with E-state index in [1.54, 1.807) is 0 Å². The molecule has 0 aromatic carbocycles. The second-order valence-electron chi connectivity index (χ2n) is 15.0. The van der Waals surface area contributed by atoms with Crippen molar-refractivity contribution in [2.24, 2.45) is 0 Å². The van der Waals surface area contributed by atoms with Gasteiger partial charge in [0.25, 0.3) is 0 Å². The molecule has 0 rings (SSSR count). The summed E-state index contributed by atoms with van der Waals surface area (Å²) in [5.74, 6) is 0.00133. The van der Waals surface area contributed by atoms with Gasteiger partial charge in [0, 0.05) is 13.0 Å². The molecule has 1 unspecified atom stereocenters. The summed E-state index contributed by atoms with van der Waals surface area (Å²) < 4.78 is 16.7. The Labute approximate surface area is 310 Å². The van der Waals surface area contributed by atoms with Gasteiger partial charge >= 0.3 is 12.1 Å². The van der Waals surface area contributed by atoms with Crippen LogP contribution in [0, 0.1) is 0 Å². The van der Waals surface area contributed by atoms with E-state index < -0.39 is 6.16 Å². The third-order valence-electron chi connectivity index (χ3n) is 9.93. The molecule has 0 saturated heterocycles. The lowest BCUT2D eigenvalue weighted by Crippen LogP contribution is -2.29. The molecule has 7 heteroatoms. The van der Waals surface area contributed by atoms with E-state index in [1.807, 2.05) is 6.92 Å². The van der Waals surface area contributed by atoms with Crippen LogP contribution < -0.4 is 0 Å². The molecular formula is C43H85NO6. The van der Waals surface area contributed by atoms with Crippen molar-refractivity contribution >= 4 is 12.1 Å². The largest absolute Gasteiger partial charge is 0.508 e. The van der Waals surface area contributed by atoms with Crippen molar-refractivity contribution < 1.29 is 28.9 Å². The van der Waals surface area contributed by atoms with Gasteiger partial charge in [0.15, 0.2) is 0 Å². The summed E-state index contributed by atoms with van der Waals surface area (Å²) in [6.45, 7) is 11.9. The molecule has 0 radical (unpaired) electrons. The zero-order valence-electron chi connectivity index (χ0n) is 33.8. The zero-order valence-corrected chi connectivity index (χ0v) is 33.8. The first-order valence-electron chi connectivity index (χ1n) is 21.8. The molecule has 50 heavy (non-hydrogen) atoms. The van der Waals surface area contributed by atoms with Gasteiger partial charge in [-0.15, -0.1) is 0 Å². The fourth-order valence-electron chi connectivity index (χ4n) is 6.66. The summed E-state index contributed by atoms with van der Waals surface area (Å²) in [6, 6.07) is 0. The Morgan fingerprint density at radius 3 is 1.48 bits per heavy atom. The third-order valence-corrected chi connectivity index (χ3v) is 9.93. The molecule has 0 aliphatic heterocycles. The Hall–Kier alpha value is -1.34. The first-order chi connectivity index (χ1) is 24.5. The summed E-state index contributed by atoms with van der Waals surface area (Å²) in [5, 5.41) is 9.53. The highest BCUT2D eigenvalue weighted by molar-refractivity contribution is 5.69. The Bertz CT molecular complexity index is 704. The topological polar surface area (TPSA) is 85.3 Å². The number of rotatable bonds is 39. The summed E-state index contributed by atoms with van der Waals surface area (Å²) in [7, 11) is 0. The number of carbonyl (C=O) groups is 2. The lowest BCUT2D eigenvalue weighted by Gasteiger charge is -2.21. The molecule has 0 spiro atoms. The predicted octanol–water partition coefficient (Wildman–Crippen LogP) is 12.5. The van der Waals surface area contributed by atoms with Crippen LogP contribution in [0.3, 0.4) is 0 Å². The molecule has 0 aromatic rings. The van der Waals surface area contributed by atoms with Crippen LogP contribution in [0.1, 0.15) is 220 Å². The van der Waals surface area contributed by atoms with Crippen molar-refractivity contribution in [1.29, 1.82) is 0 Å². The quantitative estimate of drug-likeness (QED) is 0.0502. The monoisotopic (exact) mass is 712 g/mol. The van der Waals surface area contributed by atoms with Crippen molar-refractivity contribution in [2.75, 3.05) is 32.8 Å². The number of carbonyl (C=O) groups excluding carboxylic acids is 2. The summed E-state index contributed by atoms with van der Waals surface area (Å²) >= 11 is 0. The number of ether oxygens (including phenoxy) is 3. The Morgan fingerprint density at radius 1 is 0.520 bits per heavy atom. The molecule has 1 atom stereocenters. The second kappa shape index (κ2) is 38.9. The molecular weight excluding hydrogens is 626 g/mol. The number of aliphatic hydroxyl groups excluding tert-OH is 1. The van der Waals surface area contributed by atoms with Crippen molar-refractivity contribution in [3.63, 3.8) is 0 Å².